The number of rotatable bonds is 9. The van der Waals surface area contributed by atoms with E-state index in [1.807, 2.05) is 0 Å². The zero-order valence-electron chi connectivity index (χ0n) is 15.9. The van der Waals surface area contributed by atoms with Gasteiger partial charge in [-0.15, -0.1) is 0 Å². The van der Waals surface area contributed by atoms with Gasteiger partial charge < -0.3 is 15.2 Å². The fraction of sp³-hybridized carbons (Fsp3) is 0.188. The van der Waals surface area contributed by atoms with Gasteiger partial charge in [0.25, 0.3) is 11.6 Å². The van der Waals surface area contributed by atoms with Crippen LogP contribution in [0.3, 0.4) is 0 Å². The lowest BCUT2D eigenvalue weighted by Gasteiger charge is -2.07. The maximum atomic E-state index is 12.2. The van der Waals surface area contributed by atoms with Crippen LogP contribution in [-0.4, -0.2) is 54.7 Å². The lowest BCUT2D eigenvalue weighted by molar-refractivity contribution is -0.385. The first-order valence-corrected chi connectivity index (χ1v) is 9.12. The zero-order valence-corrected chi connectivity index (χ0v) is 16.7. The van der Waals surface area contributed by atoms with E-state index in [1.54, 1.807) is 0 Å². The number of nitro groups is 2. The number of halogens is 1. The van der Waals surface area contributed by atoms with Gasteiger partial charge in [-0.3, -0.25) is 34.5 Å². The Hall–Kier alpha value is -4.40. The smallest absolute Gasteiger partial charge is 0.316 e. The highest BCUT2D eigenvalue weighted by molar-refractivity contribution is 6.33. The van der Waals surface area contributed by atoms with Crippen LogP contribution in [0.2, 0.25) is 5.02 Å². The number of hydrogen-bond donors (Lipinski definition) is 2. The number of benzene rings is 1. The molecule has 0 unspecified atom stereocenters. The van der Waals surface area contributed by atoms with Crippen molar-refractivity contribution in [3.8, 4) is 0 Å². The van der Waals surface area contributed by atoms with Crippen molar-refractivity contribution in [1.29, 1.82) is 0 Å². The van der Waals surface area contributed by atoms with Crippen molar-refractivity contribution in [3.63, 3.8) is 0 Å². The summed E-state index contributed by atoms with van der Waals surface area (Å²) in [5.41, 5.74) is -0.572. The minimum absolute atomic E-state index is 0.0124. The molecule has 0 aliphatic heterocycles. The maximum Gasteiger partial charge on any atom is 0.316 e. The maximum absolute atomic E-state index is 12.2. The molecule has 166 valence electrons. The second kappa shape index (κ2) is 9.61. The quantitative estimate of drug-likeness (QED) is 0.260. The third-order valence-electron chi connectivity index (χ3n) is 3.90. The molecular formula is C16H13ClN8O7. The van der Waals surface area contributed by atoms with Crippen LogP contribution in [0, 0.1) is 20.2 Å². The molecule has 0 fully saturated rings. The van der Waals surface area contributed by atoms with Gasteiger partial charge in [0.15, 0.2) is 5.82 Å². The standard InChI is InChI=1S/C16H13ClN8O7/c17-12-2-1-9(24(28)29)5-11(12)14(26)18-3-4-19-15(27)16-21-13(22-32-16)8-23-7-10(6-20-23)25(30)31/h1-2,5-7H,3-4,8H2,(H,18,26)(H,19,27). The van der Waals surface area contributed by atoms with Crippen molar-refractivity contribution >= 4 is 34.8 Å². The summed E-state index contributed by atoms with van der Waals surface area (Å²) in [4.78, 5) is 48.3. The first kappa shape index (κ1) is 22.3. The Morgan fingerprint density at radius 3 is 2.44 bits per heavy atom. The number of amides is 2. The number of carbonyl (C=O) groups is 2. The number of hydrogen-bond acceptors (Lipinski definition) is 10. The zero-order chi connectivity index (χ0) is 23.3. The first-order valence-electron chi connectivity index (χ1n) is 8.74. The molecular weight excluding hydrogens is 452 g/mol. The molecule has 2 amide bonds. The second-order valence-corrected chi connectivity index (χ2v) is 6.51. The van der Waals surface area contributed by atoms with Crippen LogP contribution in [0.1, 0.15) is 26.9 Å². The molecule has 2 heterocycles. The minimum atomic E-state index is -0.710. The van der Waals surface area contributed by atoms with Gasteiger partial charge in [-0.05, 0) is 6.07 Å². The SMILES string of the molecule is O=C(NCCNC(=O)c1cc([N+](=O)[O-])ccc1Cl)c1nc(Cn2cc([N+](=O)[O-])cn2)no1. The van der Waals surface area contributed by atoms with Gasteiger partial charge in [0.2, 0.25) is 0 Å². The van der Waals surface area contributed by atoms with E-state index in [0.717, 1.165) is 12.3 Å². The van der Waals surface area contributed by atoms with E-state index in [2.05, 4.69) is 25.9 Å². The third kappa shape index (κ3) is 5.39. The van der Waals surface area contributed by atoms with Crippen LogP contribution in [0.15, 0.2) is 35.1 Å². The van der Waals surface area contributed by atoms with E-state index in [1.165, 1.54) is 23.0 Å². The van der Waals surface area contributed by atoms with E-state index in [0.29, 0.717) is 0 Å². The summed E-state index contributed by atoms with van der Waals surface area (Å²) in [6.07, 6.45) is 2.23. The third-order valence-corrected chi connectivity index (χ3v) is 4.23. The van der Waals surface area contributed by atoms with E-state index < -0.39 is 21.7 Å². The van der Waals surface area contributed by atoms with E-state index in [4.69, 9.17) is 16.1 Å². The second-order valence-electron chi connectivity index (χ2n) is 6.10. The average molecular weight is 465 g/mol. The van der Waals surface area contributed by atoms with Gasteiger partial charge in [-0.2, -0.15) is 10.1 Å². The highest BCUT2D eigenvalue weighted by Gasteiger charge is 2.18. The normalized spacial score (nSPS) is 10.5. The molecule has 0 atom stereocenters. The summed E-state index contributed by atoms with van der Waals surface area (Å²) < 4.78 is 6.04. The van der Waals surface area contributed by atoms with Gasteiger partial charge in [0, 0.05) is 25.2 Å². The molecule has 0 bridgehead atoms. The highest BCUT2D eigenvalue weighted by Crippen LogP contribution is 2.21. The van der Waals surface area contributed by atoms with Crippen LogP contribution >= 0.6 is 11.6 Å². The number of nitrogens with zero attached hydrogens (tertiary/aromatic N) is 6. The van der Waals surface area contributed by atoms with Gasteiger partial charge in [-0.25, -0.2) is 0 Å². The molecule has 15 nitrogen and oxygen atoms in total. The number of non-ortho nitro benzene ring substituents is 1. The molecule has 32 heavy (non-hydrogen) atoms. The lowest BCUT2D eigenvalue weighted by atomic mass is 10.2. The van der Waals surface area contributed by atoms with Gasteiger partial charge in [0.1, 0.15) is 18.9 Å². The molecule has 3 rings (SSSR count). The Kier molecular flexibility index (Phi) is 6.69. The van der Waals surface area contributed by atoms with E-state index in [9.17, 15) is 29.8 Å². The number of aromatic nitrogens is 4. The van der Waals surface area contributed by atoms with Crippen molar-refractivity contribution in [2.24, 2.45) is 0 Å². The topological polar surface area (TPSA) is 201 Å². The number of nitro benzene ring substituents is 1. The van der Waals surface area contributed by atoms with Gasteiger partial charge >= 0.3 is 17.5 Å². The molecule has 0 saturated heterocycles. The largest absolute Gasteiger partial charge is 0.350 e. The van der Waals surface area contributed by atoms with Crippen LogP contribution in [0.25, 0.3) is 0 Å². The monoisotopic (exact) mass is 464 g/mol. The van der Waals surface area contributed by atoms with E-state index >= 15 is 0 Å². The van der Waals surface area contributed by atoms with Crippen molar-refractivity contribution in [2.75, 3.05) is 13.1 Å². The molecule has 3 aromatic rings. The van der Waals surface area contributed by atoms with Crippen molar-refractivity contribution < 1.29 is 24.0 Å². The molecule has 2 aromatic heterocycles. The van der Waals surface area contributed by atoms with Crippen molar-refractivity contribution in [2.45, 2.75) is 6.54 Å². The Labute approximate surface area is 182 Å². The predicted molar refractivity (Wildman–Crippen MR) is 105 cm³/mol. The average Bonchev–Trinajstić information content (AvgIpc) is 3.41. The summed E-state index contributed by atoms with van der Waals surface area (Å²) in [5.74, 6) is -1.64. The van der Waals surface area contributed by atoms with Gasteiger partial charge in [-0.1, -0.05) is 16.8 Å². The highest BCUT2D eigenvalue weighted by atomic mass is 35.5. The molecule has 0 saturated carbocycles. The lowest BCUT2D eigenvalue weighted by Crippen LogP contribution is -2.35. The number of carbonyl (C=O) groups excluding carboxylic acids is 2. The number of nitrogens with one attached hydrogen (secondary N) is 2. The minimum Gasteiger partial charge on any atom is -0.350 e. The van der Waals surface area contributed by atoms with Crippen LogP contribution in [0.5, 0.6) is 0 Å². The van der Waals surface area contributed by atoms with Crippen molar-refractivity contribution in [3.05, 3.63) is 73.1 Å². The van der Waals surface area contributed by atoms with Crippen LogP contribution in [-0.2, 0) is 6.54 Å². The summed E-state index contributed by atoms with van der Waals surface area (Å²) in [5, 5.41) is 33.8. The summed E-state index contributed by atoms with van der Waals surface area (Å²) >= 11 is 5.90. The summed E-state index contributed by atoms with van der Waals surface area (Å²) in [7, 11) is 0. The Balaban J connectivity index is 1.48. The molecule has 0 spiro atoms. The Morgan fingerprint density at radius 2 is 1.78 bits per heavy atom. The van der Waals surface area contributed by atoms with Crippen molar-refractivity contribution in [1.82, 2.24) is 30.6 Å². The van der Waals surface area contributed by atoms with Crippen LogP contribution in [0.4, 0.5) is 11.4 Å². The van der Waals surface area contributed by atoms with Gasteiger partial charge in [0.05, 0.1) is 20.4 Å². The Bertz CT molecular complexity index is 1190. The fourth-order valence-electron chi connectivity index (χ4n) is 2.41. The Morgan fingerprint density at radius 1 is 1.09 bits per heavy atom. The predicted octanol–water partition coefficient (Wildman–Crippen LogP) is 0.944. The van der Waals surface area contributed by atoms with Crippen LogP contribution < -0.4 is 10.6 Å². The molecule has 0 radical (unpaired) electrons. The molecule has 0 aliphatic carbocycles. The van der Waals surface area contributed by atoms with E-state index in [-0.39, 0.29) is 53.3 Å². The fourth-order valence-corrected chi connectivity index (χ4v) is 2.62. The molecule has 2 N–H and O–H groups in total. The molecule has 0 aliphatic rings. The summed E-state index contributed by atoms with van der Waals surface area (Å²) in [6, 6.07) is 3.46. The molecule has 16 heteroatoms. The molecule has 1 aromatic carbocycles. The summed E-state index contributed by atoms with van der Waals surface area (Å²) in [6.45, 7) is -0.0770. The first-order chi connectivity index (χ1) is 15.2.